The van der Waals surface area contributed by atoms with Crippen molar-refractivity contribution < 1.29 is 4.74 Å². The number of thiazole rings is 1. The van der Waals surface area contributed by atoms with Gasteiger partial charge in [-0.05, 0) is 42.8 Å². The molecule has 3 rings (SSSR count). The number of hydrogen-bond acceptors (Lipinski definition) is 4. The zero-order valence-corrected chi connectivity index (χ0v) is 12.6. The second-order valence-corrected chi connectivity index (χ2v) is 5.50. The highest BCUT2D eigenvalue weighted by Gasteiger charge is 2.06. The van der Waals surface area contributed by atoms with E-state index in [1.54, 1.807) is 17.5 Å². The molecule has 0 aliphatic heterocycles. The van der Waals surface area contributed by atoms with E-state index in [9.17, 15) is 0 Å². The molecule has 2 heterocycles. The molecule has 0 atom stereocenters. The molecular weight excluding hydrogens is 280 g/mol. The molecule has 0 saturated heterocycles. The lowest BCUT2D eigenvalue weighted by atomic mass is 10.2. The van der Waals surface area contributed by atoms with Crippen LogP contribution in [0.15, 0.2) is 54.2 Å². The largest absolute Gasteiger partial charge is 0.494 e. The SMILES string of the molecule is CCOc1ccc(-c2nc(Cc3cccnc3)cs2)cc1. The van der Waals surface area contributed by atoms with Gasteiger partial charge in [-0.1, -0.05) is 6.07 Å². The van der Waals surface area contributed by atoms with Gasteiger partial charge in [-0.2, -0.15) is 0 Å². The van der Waals surface area contributed by atoms with Gasteiger partial charge in [-0.15, -0.1) is 11.3 Å². The highest BCUT2D eigenvalue weighted by Crippen LogP contribution is 2.26. The quantitative estimate of drug-likeness (QED) is 0.708. The summed E-state index contributed by atoms with van der Waals surface area (Å²) in [6.45, 7) is 2.67. The molecule has 1 aromatic carbocycles. The Hall–Kier alpha value is -2.20. The normalized spacial score (nSPS) is 10.5. The fourth-order valence-corrected chi connectivity index (χ4v) is 2.92. The van der Waals surface area contributed by atoms with Crippen LogP contribution in [0.5, 0.6) is 5.75 Å². The Kier molecular flexibility index (Phi) is 4.26. The van der Waals surface area contributed by atoms with Gasteiger partial charge in [0.1, 0.15) is 10.8 Å². The number of benzene rings is 1. The van der Waals surface area contributed by atoms with Gasteiger partial charge in [-0.25, -0.2) is 4.98 Å². The lowest BCUT2D eigenvalue weighted by Crippen LogP contribution is -1.91. The van der Waals surface area contributed by atoms with Gasteiger partial charge in [0.25, 0.3) is 0 Å². The molecule has 2 aromatic heterocycles. The third-order valence-electron chi connectivity index (χ3n) is 3.07. The minimum atomic E-state index is 0.686. The summed E-state index contributed by atoms with van der Waals surface area (Å²) in [5.41, 5.74) is 3.39. The number of pyridine rings is 1. The monoisotopic (exact) mass is 296 g/mol. The van der Waals surface area contributed by atoms with Crippen molar-refractivity contribution in [1.29, 1.82) is 0 Å². The van der Waals surface area contributed by atoms with Gasteiger partial charge in [0, 0.05) is 29.8 Å². The van der Waals surface area contributed by atoms with E-state index in [1.165, 1.54) is 5.56 Å². The third kappa shape index (κ3) is 3.47. The summed E-state index contributed by atoms with van der Waals surface area (Å²) in [5.74, 6) is 0.897. The maximum absolute atomic E-state index is 5.46. The Morgan fingerprint density at radius 1 is 1.14 bits per heavy atom. The second kappa shape index (κ2) is 6.50. The maximum Gasteiger partial charge on any atom is 0.123 e. The molecule has 0 unspecified atom stereocenters. The summed E-state index contributed by atoms with van der Waals surface area (Å²) in [7, 11) is 0. The summed E-state index contributed by atoms with van der Waals surface area (Å²) >= 11 is 1.67. The van der Waals surface area contributed by atoms with Crippen molar-refractivity contribution in [2.24, 2.45) is 0 Å². The van der Waals surface area contributed by atoms with Crippen molar-refractivity contribution >= 4 is 11.3 Å². The van der Waals surface area contributed by atoms with Crippen LogP contribution in [0.3, 0.4) is 0 Å². The first-order chi connectivity index (χ1) is 10.3. The standard InChI is InChI=1S/C17H16N2OS/c1-2-20-16-7-5-14(6-8-16)17-19-15(12-21-17)10-13-4-3-9-18-11-13/h3-9,11-12H,2,10H2,1H3. The summed E-state index contributed by atoms with van der Waals surface area (Å²) in [6.07, 6.45) is 4.49. The van der Waals surface area contributed by atoms with Crippen LogP contribution < -0.4 is 4.74 Å². The number of hydrogen-bond donors (Lipinski definition) is 0. The average Bonchev–Trinajstić information content (AvgIpc) is 2.98. The van der Waals surface area contributed by atoms with Crippen LogP contribution in [0.25, 0.3) is 10.6 Å². The van der Waals surface area contributed by atoms with Crippen LogP contribution in [0.1, 0.15) is 18.2 Å². The average molecular weight is 296 g/mol. The van der Waals surface area contributed by atoms with E-state index < -0.39 is 0 Å². The molecule has 0 bridgehead atoms. The summed E-state index contributed by atoms with van der Waals surface area (Å²) < 4.78 is 5.46. The molecule has 0 amide bonds. The summed E-state index contributed by atoms with van der Waals surface area (Å²) in [4.78, 5) is 8.84. The lowest BCUT2D eigenvalue weighted by Gasteiger charge is -2.03. The molecule has 0 spiro atoms. The van der Waals surface area contributed by atoms with Crippen molar-refractivity contribution in [3.8, 4) is 16.3 Å². The van der Waals surface area contributed by atoms with E-state index in [0.717, 1.165) is 28.4 Å². The van der Waals surface area contributed by atoms with Crippen molar-refractivity contribution in [2.75, 3.05) is 6.61 Å². The van der Waals surface area contributed by atoms with E-state index in [2.05, 4.69) is 28.6 Å². The van der Waals surface area contributed by atoms with Crippen molar-refractivity contribution in [1.82, 2.24) is 9.97 Å². The Morgan fingerprint density at radius 3 is 2.71 bits per heavy atom. The van der Waals surface area contributed by atoms with Gasteiger partial charge < -0.3 is 4.74 Å². The van der Waals surface area contributed by atoms with E-state index in [1.807, 2.05) is 31.3 Å². The molecule has 0 aliphatic rings. The van der Waals surface area contributed by atoms with Crippen LogP contribution in [0.4, 0.5) is 0 Å². The van der Waals surface area contributed by atoms with Crippen molar-refractivity contribution in [3.05, 3.63) is 65.4 Å². The van der Waals surface area contributed by atoms with Gasteiger partial charge in [0.2, 0.25) is 0 Å². The Bertz CT molecular complexity index is 692. The highest BCUT2D eigenvalue weighted by atomic mass is 32.1. The van der Waals surface area contributed by atoms with Crippen LogP contribution in [0.2, 0.25) is 0 Å². The fraction of sp³-hybridized carbons (Fsp3) is 0.176. The molecule has 0 radical (unpaired) electrons. The molecule has 21 heavy (non-hydrogen) atoms. The molecule has 0 N–H and O–H groups in total. The van der Waals surface area contributed by atoms with Crippen LogP contribution >= 0.6 is 11.3 Å². The minimum absolute atomic E-state index is 0.686. The van der Waals surface area contributed by atoms with Crippen LogP contribution in [-0.4, -0.2) is 16.6 Å². The molecular formula is C17H16N2OS. The first-order valence-electron chi connectivity index (χ1n) is 6.91. The van der Waals surface area contributed by atoms with Crippen molar-refractivity contribution in [3.63, 3.8) is 0 Å². The molecule has 3 aromatic rings. The first-order valence-corrected chi connectivity index (χ1v) is 7.79. The predicted octanol–water partition coefficient (Wildman–Crippen LogP) is 4.19. The van der Waals surface area contributed by atoms with E-state index in [4.69, 9.17) is 9.72 Å². The number of rotatable bonds is 5. The number of aromatic nitrogens is 2. The third-order valence-corrected chi connectivity index (χ3v) is 4.01. The lowest BCUT2D eigenvalue weighted by molar-refractivity contribution is 0.340. The van der Waals surface area contributed by atoms with Crippen molar-refractivity contribution in [2.45, 2.75) is 13.3 Å². The predicted molar refractivity (Wildman–Crippen MR) is 85.8 cm³/mol. The minimum Gasteiger partial charge on any atom is -0.494 e. The van der Waals surface area contributed by atoms with E-state index in [0.29, 0.717) is 6.61 Å². The molecule has 0 aliphatic carbocycles. The zero-order chi connectivity index (χ0) is 14.5. The molecule has 3 nitrogen and oxygen atoms in total. The highest BCUT2D eigenvalue weighted by molar-refractivity contribution is 7.13. The molecule has 0 saturated carbocycles. The Morgan fingerprint density at radius 2 is 2.00 bits per heavy atom. The number of ether oxygens (including phenoxy) is 1. The molecule has 0 fully saturated rings. The van der Waals surface area contributed by atoms with Crippen LogP contribution in [0, 0.1) is 0 Å². The Balaban J connectivity index is 1.75. The van der Waals surface area contributed by atoms with Gasteiger partial charge in [0.05, 0.1) is 12.3 Å². The van der Waals surface area contributed by atoms with Gasteiger partial charge in [0.15, 0.2) is 0 Å². The maximum atomic E-state index is 5.46. The summed E-state index contributed by atoms with van der Waals surface area (Å²) in [6, 6.07) is 12.1. The zero-order valence-electron chi connectivity index (χ0n) is 11.8. The van der Waals surface area contributed by atoms with Crippen LogP contribution in [-0.2, 0) is 6.42 Å². The first kappa shape index (κ1) is 13.8. The van der Waals surface area contributed by atoms with E-state index in [-0.39, 0.29) is 0 Å². The molecule has 4 heteroatoms. The Labute approximate surface area is 128 Å². The smallest absolute Gasteiger partial charge is 0.123 e. The topological polar surface area (TPSA) is 35.0 Å². The number of nitrogens with zero attached hydrogens (tertiary/aromatic N) is 2. The van der Waals surface area contributed by atoms with Gasteiger partial charge in [-0.3, -0.25) is 4.98 Å². The van der Waals surface area contributed by atoms with Gasteiger partial charge >= 0.3 is 0 Å². The second-order valence-electron chi connectivity index (χ2n) is 4.64. The summed E-state index contributed by atoms with van der Waals surface area (Å²) in [5, 5.41) is 3.15. The molecule has 106 valence electrons. The van der Waals surface area contributed by atoms with E-state index >= 15 is 0 Å². The fourth-order valence-electron chi connectivity index (χ4n) is 2.09.